The average Bonchev–Trinajstić information content (AvgIpc) is 2.69. The van der Waals surface area contributed by atoms with E-state index in [2.05, 4.69) is 10.3 Å². The van der Waals surface area contributed by atoms with Gasteiger partial charge in [-0.05, 0) is 31.0 Å². The maximum Gasteiger partial charge on any atom is 0.314 e. The molecule has 0 unspecified atom stereocenters. The number of rotatable bonds is 7. The number of amides is 2. The van der Waals surface area contributed by atoms with Gasteiger partial charge in [-0.1, -0.05) is 11.6 Å². The molecule has 27 heavy (non-hydrogen) atoms. The van der Waals surface area contributed by atoms with Crippen molar-refractivity contribution in [1.29, 1.82) is 0 Å². The van der Waals surface area contributed by atoms with Crippen LogP contribution in [0.15, 0.2) is 36.7 Å². The van der Waals surface area contributed by atoms with Crippen molar-refractivity contribution >= 4 is 29.1 Å². The highest BCUT2D eigenvalue weighted by atomic mass is 35.5. The topological polar surface area (TPSA) is 80.8 Å². The van der Waals surface area contributed by atoms with E-state index in [-0.39, 0.29) is 0 Å². The molecule has 0 fully saturated rings. The Kier molecular flexibility index (Phi) is 7.43. The second-order valence-corrected chi connectivity index (χ2v) is 6.04. The number of nitrogens with one attached hydrogen (secondary N) is 1. The SMILES string of the molecule is CCN(CCc1ccncc1)C(=O)C(=O)Nc1cc(OC)c(Cl)cc1OC. The van der Waals surface area contributed by atoms with Crippen LogP contribution in [0, 0.1) is 0 Å². The molecule has 1 heterocycles. The lowest BCUT2D eigenvalue weighted by atomic mass is 10.2. The number of halogens is 1. The highest BCUT2D eigenvalue weighted by molar-refractivity contribution is 6.40. The van der Waals surface area contributed by atoms with E-state index in [1.807, 2.05) is 19.1 Å². The highest BCUT2D eigenvalue weighted by Gasteiger charge is 2.22. The van der Waals surface area contributed by atoms with Crippen LogP contribution in [0.1, 0.15) is 12.5 Å². The van der Waals surface area contributed by atoms with E-state index in [9.17, 15) is 9.59 Å². The van der Waals surface area contributed by atoms with Crippen LogP contribution in [0.25, 0.3) is 0 Å². The van der Waals surface area contributed by atoms with Gasteiger partial charge in [0, 0.05) is 37.6 Å². The Bertz CT molecular complexity index is 799. The summed E-state index contributed by atoms with van der Waals surface area (Å²) in [5, 5.41) is 2.91. The monoisotopic (exact) mass is 391 g/mol. The maximum atomic E-state index is 12.5. The van der Waals surface area contributed by atoms with Crippen LogP contribution < -0.4 is 14.8 Å². The Labute approximate surface area is 163 Å². The number of nitrogens with zero attached hydrogens (tertiary/aromatic N) is 2. The number of aromatic nitrogens is 1. The molecule has 0 aliphatic heterocycles. The first kappa shape index (κ1) is 20.5. The molecule has 0 bridgehead atoms. The molecule has 1 aromatic carbocycles. The second kappa shape index (κ2) is 9.78. The Morgan fingerprint density at radius 2 is 1.81 bits per heavy atom. The zero-order valence-electron chi connectivity index (χ0n) is 15.5. The first-order valence-electron chi connectivity index (χ1n) is 8.40. The van der Waals surface area contributed by atoms with Crippen molar-refractivity contribution < 1.29 is 19.1 Å². The van der Waals surface area contributed by atoms with Gasteiger partial charge in [0.25, 0.3) is 0 Å². The normalized spacial score (nSPS) is 10.2. The second-order valence-electron chi connectivity index (χ2n) is 5.63. The average molecular weight is 392 g/mol. The lowest BCUT2D eigenvalue weighted by molar-refractivity contribution is -0.143. The van der Waals surface area contributed by atoms with Crippen molar-refractivity contribution in [3.63, 3.8) is 0 Å². The van der Waals surface area contributed by atoms with E-state index in [0.29, 0.717) is 41.7 Å². The van der Waals surface area contributed by atoms with Gasteiger partial charge < -0.3 is 19.7 Å². The van der Waals surface area contributed by atoms with E-state index < -0.39 is 11.8 Å². The van der Waals surface area contributed by atoms with Gasteiger partial charge in [-0.2, -0.15) is 0 Å². The van der Waals surface area contributed by atoms with E-state index in [1.165, 1.54) is 31.3 Å². The van der Waals surface area contributed by atoms with Crippen LogP contribution in [-0.4, -0.2) is 49.0 Å². The summed E-state index contributed by atoms with van der Waals surface area (Å²) in [7, 11) is 2.91. The molecule has 0 radical (unpaired) electrons. The molecule has 0 saturated heterocycles. The minimum absolute atomic E-state index is 0.308. The molecule has 0 atom stereocenters. The number of ether oxygens (including phenoxy) is 2. The molecule has 0 spiro atoms. The number of methoxy groups -OCH3 is 2. The van der Waals surface area contributed by atoms with Crippen molar-refractivity contribution in [3.05, 3.63) is 47.2 Å². The van der Waals surface area contributed by atoms with Crippen molar-refractivity contribution in [2.24, 2.45) is 0 Å². The van der Waals surface area contributed by atoms with E-state index in [4.69, 9.17) is 21.1 Å². The Morgan fingerprint density at radius 3 is 2.41 bits per heavy atom. The third kappa shape index (κ3) is 5.34. The fourth-order valence-electron chi connectivity index (χ4n) is 2.49. The minimum Gasteiger partial charge on any atom is -0.495 e. The molecule has 0 saturated carbocycles. The number of carbonyl (C=O) groups is 2. The highest BCUT2D eigenvalue weighted by Crippen LogP contribution is 2.35. The zero-order chi connectivity index (χ0) is 19.8. The molecule has 0 aliphatic carbocycles. The summed E-state index contributed by atoms with van der Waals surface area (Å²) < 4.78 is 10.4. The van der Waals surface area contributed by atoms with Gasteiger partial charge in [0.15, 0.2) is 0 Å². The molecule has 1 aromatic heterocycles. The molecule has 7 nitrogen and oxygen atoms in total. The minimum atomic E-state index is -0.755. The van der Waals surface area contributed by atoms with Gasteiger partial charge in [0.05, 0.1) is 24.9 Å². The zero-order valence-corrected chi connectivity index (χ0v) is 16.2. The summed E-state index contributed by atoms with van der Waals surface area (Å²) >= 11 is 6.05. The summed E-state index contributed by atoms with van der Waals surface area (Å²) in [5.74, 6) is -0.677. The van der Waals surface area contributed by atoms with Gasteiger partial charge in [0.2, 0.25) is 0 Å². The summed E-state index contributed by atoms with van der Waals surface area (Å²) in [4.78, 5) is 30.4. The standard InChI is InChI=1S/C19H22ClN3O4/c1-4-23(10-7-13-5-8-21-9-6-13)19(25)18(24)22-15-12-16(26-2)14(20)11-17(15)27-3/h5-6,8-9,11-12H,4,7,10H2,1-3H3,(H,22,24). The number of likely N-dealkylation sites (N-methyl/N-ethyl adjacent to an activating group) is 1. The summed E-state index contributed by atoms with van der Waals surface area (Å²) in [6.07, 6.45) is 4.02. The van der Waals surface area contributed by atoms with Crippen molar-refractivity contribution in [2.45, 2.75) is 13.3 Å². The fourth-order valence-corrected chi connectivity index (χ4v) is 2.73. The number of benzene rings is 1. The molecular weight excluding hydrogens is 370 g/mol. The molecule has 1 N–H and O–H groups in total. The smallest absolute Gasteiger partial charge is 0.314 e. The Hall–Kier alpha value is -2.80. The molecule has 0 aliphatic rings. The summed E-state index contributed by atoms with van der Waals surface area (Å²) in [5.41, 5.74) is 1.35. The van der Waals surface area contributed by atoms with E-state index in [1.54, 1.807) is 12.4 Å². The number of carbonyl (C=O) groups excluding carboxylic acids is 2. The number of anilines is 1. The Balaban J connectivity index is 2.08. The summed E-state index contributed by atoms with van der Waals surface area (Å²) in [6, 6.07) is 6.79. The van der Waals surface area contributed by atoms with Gasteiger partial charge >= 0.3 is 11.8 Å². The van der Waals surface area contributed by atoms with Crippen molar-refractivity contribution in [3.8, 4) is 11.5 Å². The Morgan fingerprint density at radius 1 is 1.15 bits per heavy atom. The van der Waals surface area contributed by atoms with Gasteiger partial charge in [-0.15, -0.1) is 0 Å². The molecule has 2 rings (SSSR count). The van der Waals surface area contributed by atoms with Gasteiger partial charge in [-0.3, -0.25) is 14.6 Å². The molecule has 8 heteroatoms. The maximum absolute atomic E-state index is 12.5. The lowest BCUT2D eigenvalue weighted by Gasteiger charge is -2.21. The quantitative estimate of drug-likeness (QED) is 0.734. The fraction of sp³-hybridized carbons (Fsp3) is 0.316. The van der Waals surface area contributed by atoms with Crippen LogP contribution in [0.5, 0.6) is 11.5 Å². The largest absolute Gasteiger partial charge is 0.495 e. The number of hydrogen-bond donors (Lipinski definition) is 1. The predicted octanol–water partition coefficient (Wildman–Crippen LogP) is 2.78. The molecule has 2 aromatic rings. The van der Waals surface area contributed by atoms with Crippen molar-refractivity contribution in [2.75, 3.05) is 32.6 Å². The summed E-state index contributed by atoms with van der Waals surface area (Å²) in [6.45, 7) is 2.66. The first-order valence-corrected chi connectivity index (χ1v) is 8.78. The van der Waals surface area contributed by atoms with Crippen LogP contribution in [-0.2, 0) is 16.0 Å². The van der Waals surface area contributed by atoms with Crippen molar-refractivity contribution in [1.82, 2.24) is 9.88 Å². The van der Waals surface area contributed by atoms with Crippen LogP contribution >= 0.6 is 11.6 Å². The third-order valence-corrected chi connectivity index (χ3v) is 4.30. The van der Waals surface area contributed by atoms with Gasteiger partial charge in [-0.25, -0.2) is 0 Å². The number of hydrogen-bond acceptors (Lipinski definition) is 5. The molecule has 144 valence electrons. The molecular formula is C19H22ClN3O4. The van der Waals surface area contributed by atoms with Gasteiger partial charge in [0.1, 0.15) is 11.5 Å². The van der Waals surface area contributed by atoms with E-state index in [0.717, 1.165) is 5.56 Å². The predicted molar refractivity (Wildman–Crippen MR) is 103 cm³/mol. The molecule has 2 amide bonds. The lowest BCUT2D eigenvalue weighted by Crippen LogP contribution is -2.40. The third-order valence-electron chi connectivity index (χ3n) is 4.01. The van der Waals surface area contributed by atoms with Crippen LogP contribution in [0.2, 0.25) is 5.02 Å². The van der Waals surface area contributed by atoms with Crippen LogP contribution in [0.3, 0.4) is 0 Å². The van der Waals surface area contributed by atoms with Crippen LogP contribution in [0.4, 0.5) is 5.69 Å². The number of pyridine rings is 1. The first-order chi connectivity index (χ1) is 13.0. The van der Waals surface area contributed by atoms with E-state index >= 15 is 0 Å².